The second-order valence-corrected chi connectivity index (χ2v) is 4.20. The molecule has 5 heteroatoms. The first-order chi connectivity index (χ1) is 8.08. The van der Waals surface area contributed by atoms with Crippen LogP contribution in [0.3, 0.4) is 0 Å². The maximum Gasteiger partial charge on any atom is 0.305 e. The number of carboxylic acids is 1. The van der Waals surface area contributed by atoms with Gasteiger partial charge in [-0.2, -0.15) is 0 Å². The first-order valence-electron chi connectivity index (χ1n) is 5.53. The van der Waals surface area contributed by atoms with Gasteiger partial charge in [0.1, 0.15) is 12.4 Å². The number of rotatable bonds is 3. The molecule has 0 amide bonds. The number of fused-ring (bicyclic) bond motifs is 1. The average molecular weight is 236 g/mol. The third kappa shape index (κ3) is 2.50. The fourth-order valence-electron chi connectivity index (χ4n) is 1.91. The van der Waals surface area contributed by atoms with Gasteiger partial charge in [-0.25, -0.2) is 0 Å². The molecule has 92 valence electrons. The fourth-order valence-corrected chi connectivity index (χ4v) is 1.91. The second-order valence-electron chi connectivity index (χ2n) is 4.20. The summed E-state index contributed by atoms with van der Waals surface area (Å²) in [6.45, 7) is 1.49. The third-order valence-electron chi connectivity index (χ3n) is 2.90. The lowest BCUT2D eigenvalue weighted by Gasteiger charge is -2.28. The van der Waals surface area contributed by atoms with Gasteiger partial charge in [0.15, 0.2) is 0 Å². The van der Waals surface area contributed by atoms with Crippen molar-refractivity contribution < 1.29 is 14.6 Å². The van der Waals surface area contributed by atoms with Gasteiger partial charge >= 0.3 is 5.97 Å². The Morgan fingerprint density at radius 2 is 2.41 bits per heavy atom. The van der Waals surface area contributed by atoms with Crippen molar-refractivity contribution >= 4 is 11.7 Å². The van der Waals surface area contributed by atoms with Crippen LogP contribution in [0, 0.1) is 0 Å². The third-order valence-corrected chi connectivity index (χ3v) is 2.90. The minimum absolute atomic E-state index is 0.0748. The lowest BCUT2D eigenvalue weighted by molar-refractivity contribution is -0.137. The van der Waals surface area contributed by atoms with Crippen molar-refractivity contribution in [2.45, 2.75) is 12.5 Å². The predicted octanol–water partition coefficient (Wildman–Crippen LogP) is 0.990. The highest BCUT2D eigenvalue weighted by atomic mass is 16.5. The van der Waals surface area contributed by atoms with E-state index in [1.54, 1.807) is 0 Å². The van der Waals surface area contributed by atoms with Crippen LogP contribution in [0.2, 0.25) is 0 Å². The molecule has 1 atom stereocenters. The van der Waals surface area contributed by atoms with Crippen molar-refractivity contribution in [3.05, 3.63) is 23.8 Å². The highest BCUT2D eigenvalue weighted by Crippen LogP contribution is 2.33. The maximum absolute atomic E-state index is 10.6. The molecule has 0 bridgehead atoms. The summed E-state index contributed by atoms with van der Waals surface area (Å²) in [5.74, 6) is -0.120. The first kappa shape index (κ1) is 11.7. The maximum atomic E-state index is 10.6. The highest BCUT2D eigenvalue weighted by Gasteiger charge is 2.17. The molecule has 2 rings (SSSR count). The molecular weight excluding hydrogens is 220 g/mol. The van der Waals surface area contributed by atoms with E-state index in [1.807, 2.05) is 25.2 Å². The number of likely N-dealkylation sites (N-methyl/N-ethyl adjacent to an activating group) is 1. The molecule has 0 fully saturated rings. The van der Waals surface area contributed by atoms with E-state index in [-0.39, 0.29) is 6.42 Å². The smallest absolute Gasteiger partial charge is 0.305 e. The minimum atomic E-state index is -0.895. The van der Waals surface area contributed by atoms with E-state index in [0.717, 1.165) is 23.5 Å². The second kappa shape index (κ2) is 4.63. The number of nitrogens with two attached hydrogens (primary N) is 1. The van der Waals surface area contributed by atoms with Crippen LogP contribution >= 0.6 is 0 Å². The lowest BCUT2D eigenvalue weighted by Crippen LogP contribution is -2.29. The molecular formula is C12H16N2O3. The van der Waals surface area contributed by atoms with Crippen LogP contribution in [-0.2, 0) is 4.79 Å². The Morgan fingerprint density at radius 1 is 1.65 bits per heavy atom. The Hall–Kier alpha value is -1.75. The SMILES string of the molecule is CN1CCOc2cc(C(N)CC(=O)O)ccc21. The van der Waals surface area contributed by atoms with Gasteiger partial charge in [-0.15, -0.1) is 0 Å². The number of carbonyl (C=O) groups is 1. The Balaban J connectivity index is 2.24. The van der Waals surface area contributed by atoms with Gasteiger partial charge in [-0.3, -0.25) is 4.79 Å². The van der Waals surface area contributed by atoms with Gasteiger partial charge in [0.2, 0.25) is 0 Å². The number of ether oxygens (including phenoxy) is 1. The number of anilines is 1. The fraction of sp³-hybridized carbons (Fsp3) is 0.417. The van der Waals surface area contributed by atoms with Gasteiger partial charge in [-0.05, 0) is 17.7 Å². The Kier molecular flexibility index (Phi) is 3.19. The first-order valence-corrected chi connectivity index (χ1v) is 5.53. The molecule has 0 saturated heterocycles. The zero-order chi connectivity index (χ0) is 12.4. The van der Waals surface area contributed by atoms with Gasteiger partial charge in [0.25, 0.3) is 0 Å². The molecule has 1 unspecified atom stereocenters. The number of nitrogens with zero attached hydrogens (tertiary/aromatic N) is 1. The van der Waals surface area contributed by atoms with Crippen LogP contribution in [-0.4, -0.2) is 31.3 Å². The normalized spacial score (nSPS) is 16.0. The van der Waals surface area contributed by atoms with E-state index < -0.39 is 12.0 Å². The van der Waals surface area contributed by atoms with E-state index in [9.17, 15) is 4.79 Å². The van der Waals surface area contributed by atoms with Crippen molar-refractivity contribution in [3.63, 3.8) is 0 Å². The molecule has 1 heterocycles. The zero-order valence-corrected chi connectivity index (χ0v) is 9.72. The van der Waals surface area contributed by atoms with Gasteiger partial charge in [0, 0.05) is 13.1 Å². The standard InChI is InChI=1S/C12H16N2O3/c1-14-4-5-17-11-6-8(2-3-10(11)14)9(13)7-12(15)16/h2-3,6,9H,4-5,7,13H2,1H3,(H,15,16). The van der Waals surface area contributed by atoms with Crippen molar-refractivity contribution in [2.75, 3.05) is 25.1 Å². The molecule has 0 saturated carbocycles. The summed E-state index contributed by atoms with van der Waals surface area (Å²) in [7, 11) is 2.00. The summed E-state index contributed by atoms with van der Waals surface area (Å²) < 4.78 is 5.55. The highest BCUT2D eigenvalue weighted by molar-refractivity contribution is 5.68. The number of aliphatic carboxylic acids is 1. The summed E-state index contributed by atoms with van der Waals surface area (Å²) in [5, 5.41) is 8.71. The molecule has 0 spiro atoms. The molecule has 0 aliphatic carbocycles. The van der Waals surface area contributed by atoms with E-state index in [1.165, 1.54) is 0 Å². The lowest BCUT2D eigenvalue weighted by atomic mass is 10.0. The molecule has 1 aromatic rings. The average Bonchev–Trinajstić information content (AvgIpc) is 2.28. The molecule has 0 aromatic heterocycles. The quantitative estimate of drug-likeness (QED) is 0.818. The van der Waals surface area contributed by atoms with Gasteiger partial charge < -0.3 is 20.5 Å². The summed E-state index contributed by atoms with van der Waals surface area (Å²) >= 11 is 0. The molecule has 0 radical (unpaired) electrons. The van der Waals surface area contributed by atoms with E-state index in [4.69, 9.17) is 15.6 Å². The molecule has 1 aliphatic rings. The largest absolute Gasteiger partial charge is 0.490 e. The van der Waals surface area contributed by atoms with Crippen molar-refractivity contribution in [2.24, 2.45) is 5.73 Å². The zero-order valence-electron chi connectivity index (χ0n) is 9.72. The van der Waals surface area contributed by atoms with Crippen LogP contribution in [0.1, 0.15) is 18.0 Å². The van der Waals surface area contributed by atoms with Crippen molar-refractivity contribution in [3.8, 4) is 5.75 Å². The summed E-state index contributed by atoms with van der Waals surface area (Å²) in [6, 6.07) is 5.12. The molecule has 1 aliphatic heterocycles. The summed E-state index contributed by atoms with van der Waals surface area (Å²) in [6.07, 6.45) is -0.0748. The van der Waals surface area contributed by atoms with E-state index in [0.29, 0.717) is 6.61 Å². The topological polar surface area (TPSA) is 75.8 Å². The van der Waals surface area contributed by atoms with Gasteiger partial charge in [-0.1, -0.05) is 6.07 Å². The number of carboxylic acid groups (broad SMARTS) is 1. The number of hydrogen-bond donors (Lipinski definition) is 2. The van der Waals surface area contributed by atoms with E-state index in [2.05, 4.69) is 4.90 Å². The predicted molar refractivity (Wildman–Crippen MR) is 64.4 cm³/mol. The van der Waals surface area contributed by atoms with Crippen LogP contribution in [0.4, 0.5) is 5.69 Å². The molecule has 17 heavy (non-hydrogen) atoms. The van der Waals surface area contributed by atoms with Gasteiger partial charge in [0.05, 0.1) is 18.7 Å². The van der Waals surface area contributed by atoms with Crippen LogP contribution in [0.25, 0.3) is 0 Å². The van der Waals surface area contributed by atoms with Crippen LogP contribution < -0.4 is 15.4 Å². The Morgan fingerprint density at radius 3 is 3.12 bits per heavy atom. The Labute approximate surface area is 99.8 Å². The molecule has 5 nitrogen and oxygen atoms in total. The van der Waals surface area contributed by atoms with Crippen LogP contribution in [0.15, 0.2) is 18.2 Å². The Bertz CT molecular complexity index is 434. The monoisotopic (exact) mass is 236 g/mol. The molecule has 1 aromatic carbocycles. The summed E-state index contributed by atoms with van der Waals surface area (Å²) in [5.41, 5.74) is 7.62. The van der Waals surface area contributed by atoms with Crippen molar-refractivity contribution in [1.82, 2.24) is 0 Å². The van der Waals surface area contributed by atoms with E-state index >= 15 is 0 Å². The summed E-state index contributed by atoms with van der Waals surface area (Å²) in [4.78, 5) is 12.7. The van der Waals surface area contributed by atoms with Crippen LogP contribution in [0.5, 0.6) is 5.75 Å². The number of hydrogen-bond acceptors (Lipinski definition) is 4. The minimum Gasteiger partial charge on any atom is -0.490 e. The van der Waals surface area contributed by atoms with Crippen molar-refractivity contribution in [1.29, 1.82) is 0 Å². The number of benzene rings is 1. The molecule has 3 N–H and O–H groups in total.